The summed E-state index contributed by atoms with van der Waals surface area (Å²) < 4.78 is 11.4. The van der Waals surface area contributed by atoms with E-state index in [-0.39, 0.29) is 18.5 Å². The number of hydrogen-bond donors (Lipinski definition) is 5. The second-order valence-electron chi connectivity index (χ2n) is 8.78. The highest BCUT2D eigenvalue weighted by molar-refractivity contribution is 6.00. The Morgan fingerprint density at radius 1 is 0.912 bits per heavy atom. The fourth-order valence-electron chi connectivity index (χ4n) is 4.04. The van der Waals surface area contributed by atoms with Gasteiger partial charge in [-0.1, -0.05) is 0 Å². The molecule has 34 heavy (non-hydrogen) atoms. The molecule has 0 saturated heterocycles. The minimum Gasteiger partial charge on any atom is -0.461 e. The molecule has 0 aliphatic heterocycles. The molecule has 0 radical (unpaired) electrons. The lowest BCUT2D eigenvalue weighted by atomic mass is 9.98. The minimum absolute atomic E-state index is 0.173. The molecule has 10 nitrogen and oxygen atoms in total. The lowest BCUT2D eigenvalue weighted by Gasteiger charge is -2.28. The van der Waals surface area contributed by atoms with Crippen LogP contribution < -0.4 is 5.63 Å². The molecule has 0 aliphatic rings. The Morgan fingerprint density at radius 3 is 2.09 bits per heavy atom. The van der Waals surface area contributed by atoms with Crippen LogP contribution in [-0.4, -0.2) is 81.0 Å². The molecule has 3 aromatic rings. The molecule has 10 heteroatoms. The van der Waals surface area contributed by atoms with Gasteiger partial charge in [0.15, 0.2) is 0 Å². The number of likely N-dealkylation sites (N-methyl/N-ethyl adjacent to an activating group) is 1. The van der Waals surface area contributed by atoms with E-state index in [1.165, 1.54) is 7.05 Å². The van der Waals surface area contributed by atoms with Crippen LogP contribution in [0.25, 0.3) is 21.9 Å². The van der Waals surface area contributed by atoms with Gasteiger partial charge in [-0.25, -0.2) is 4.79 Å². The molecule has 0 bridgehead atoms. The van der Waals surface area contributed by atoms with Gasteiger partial charge in [0.2, 0.25) is 5.91 Å². The molecule has 186 valence electrons. The molecule has 0 aliphatic carbocycles. The standard InChI is InChI=1S/C24H31NO9/c1-10-13(4)33-22-12(3)23-15(6-14(10)22)11(2)16(24(32)34-23)7-19(29)25(5)8-17(27)20(30)21(31)18(28)9-26/h6,17-18,20-21,26-28,30-31H,7-9H2,1-5H3/t17-,18-,20-,21-/m0/s1. The van der Waals surface area contributed by atoms with Crippen molar-refractivity contribution < 1.29 is 39.2 Å². The molecular formula is C24H31NO9. The summed E-state index contributed by atoms with van der Waals surface area (Å²) >= 11 is 0. The number of aliphatic hydroxyl groups is 5. The van der Waals surface area contributed by atoms with Gasteiger partial charge in [0.25, 0.3) is 0 Å². The van der Waals surface area contributed by atoms with Crippen molar-refractivity contribution in [2.75, 3.05) is 20.2 Å². The van der Waals surface area contributed by atoms with Gasteiger partial charge in [-0.05, 0) is 44.9 Å². The predicted octanol–water partition coefficient (Wildman–Crippen LogP) is 0.210. The maximum absolute atomic E-state index is 12.8. The van der Waals surface area contributed by atoms with Crippen LogP contribution in [0.4, 0.5) is 0 Å². The molecule has 5 N–H and O–H groups in total. The Morgan fingerprint density at radius 2 is 1.47 bits per heavy atom. The summed E-state index contributed by atoms with van der Waals surface area (Å²) in [6.07, 6.45) is -7.13. The first kappa shape index (κ1) is 25.9. The zero-order valence-electron chi connectivity index (χ0n) is 19.8. The average molecular weight is 478 g/mol. The molecular weight excluding hydrogens is 446 g/mol. The minimum atomic E-state index is -1.80. The van der Waals surface area contributed by atoms with Crippen LogP contribution in [0.2, 0.25) is 0 Å². The van der Waals surface area contributed by atoms with Crippen molar-refractivity contribution in [2.24, 2.45) is 0 Å². The van der Waals surface area contributed by atoms with Crippen LogP contribution in [-0.2, 0) is 11.2 Å². The van der Waals surface area contributed by atoms with E-state index in [1.54, 1.807) is 6.92 Å². The lowest BCUT2D eigenvalue weighted by molar-refractivity contribution is -0.137. The molecule has 0 saturated carbocycles. The molecule has 0 fully saturated rings. The molecule has 2 aromatic heterocycles. The number of amides is 1. The second-order valence-corrected chi connectivity index (χ2v) is 8.78. The Kier molecular flexibility index (Phi) is 7.49. The summed E-state index contributed by atoms with van der Waals surface area (Å²) in [5.74, 6) is 0.245. The number of rotatable bonds is 8. The van der Waals surface area contributed by atoms with E-state index in [0.29, 0.717) is 27.7 Å². The normalized spacial score (nSPS) is 15.5. The Labute approximate surface area is 195 Å². The van der Waals surface area contributed by atoms with Gasteiger partial charge in [0.05, 0.1) is 18.6 Å². The van der Waals surface area contributed by atoms with E-state index in [0.717, 1.165) is 21.6 Å². The molecule has 0 spiro atoms. The van der Waals surface area contributed by atoms with Crippen LogP contribution in [0.3, 0.4) is 0 Å². The average Bonchev–Trinajstić information content (AvgIpc) is 3.09. The van der Waals surface area contributed by atoms with E-state index < -0.39 is 42.6 Å². The Bertz CT molecular complexity index is 1280. The van der Waals surface area contributed by atoms with Gasteiger partial charge in [-0.15, -0.1) is 0 Å². The summed E-state index contributed by atoms with van der Waals surface area (Å²) in [7, 11) is 1.37. The van der Waals surface area contributed by atoms with Crippen LogP contribution in [0.15, 0.2) is 19.7 Å². The van der Waals surface area contributed by atoms with Crippen molar-refractivity contribution in [1.82, 2.24) is 4.90 Å². The predicted molar refractivity (Wildman–Crippen MR) is 124 cm³/mol. The van der Waals surface area contributed by atoms with Crippen LogP contribution >= 0.6 is 0 Å². The molecule has 1 aromatic carbocycles. The second kappa shape index (κ2) is 9.85. The Hall–Kier alpha value is -2.76. The van der Waals surface area contributed by atoms with E-state index in [4.69, 9.17) is 13.9 Å². The fraction of sp³-hybridized carbons (Fsp3) is 0.500. The maximum Gasteiger partial charge on any atom is 0.340 e. The summed E-state index contributed by atoms with van der Waals surface area (Å²) in [5, 5.41) is 49.8. The van der Waals surface area contributed by atoms with Gasteiger partial charge in [0, 0.05) is 29.9 Å². The third-order valence-electron chi connectivity index (χ3n) is 6.48. The molecule has 4 atom stereocenters. The van der Waals surface area contributed by atoms with Crippen molar-refractivity contribution in [1.29, 1.82) is 0 Å². The highest BCUT2D eigenvalue weighted by Crippen LogP contribution is 2.34. The highest BCUT2D eigenvalue weighted by atomic mass is 16.4. The molecule has 1 amide bonds. The smallest absolute Gasteiger partial charge is 0.340 e. The fourth-order valence-corrected chi connectivity index (χ4v) is 4.04. The van der Waals surface area contributed by atoms with Gasteiger partial charge < -0.3 is 39.3 Å². The van der Waals surface area contributed by atoms with Crippen LogP contribution in [0.5, 0.6) is 0 Å². The molecule has 3 rings (SSSR count). The maximum atomic E-state index is 12.8. The number of carbonyl (C=O) groups is 1. The van der Waals surface area contributed by atoms with E-state index >= 15 is 0 Å². The monoisotopic (exact) mass is 477 g/mol. The number of carbonyl (C=O) groups excluding carboxylic acids is 1. The SMILES string of the molecule is Cc1oc2c(C)c3oc(=O)c(CC(=O)N(C)C[C@H](O)[C@H](O)[C@@H](O)[C@@H](O)CO)c(C)c3cc2c1C. The Balaban J connectivity index is 1.88. The number of aryl methyl sites for hydroxylation is 4. The first-order valence-electron chi connectivity index (χ1n) is 10.9. The van der Waals surface area contributed by atoms with Gasteiger partial charge in [-0.3, -0.25) is 4.79 Å². The highest BCUT2D eigenvalue weighted by Gasteiger charge is 2.31. The number of fused-ring (bicyclic) bond motifs is 2. The summed E-state index contributed by atoms with van der Waals surface area (Å²) in [4.78, 5) is 26.7. The van der Waals surface area contributed by atoms with E-state index in [1.807, 2.05) is 26.8 Å². The number of hydrogen-bond acceptors (Lipinski definition) is 9. The van der Waals surface area contributed by atoms with Gasteiger partial charge in [-0.2, -0.15) is 0 Å². The van der Waals surface area contributed by atoms with Crippen molar-refractivity contribution in [3.63, 3.8) is 0 Å². The topological polar surface area (TPSA) is 165 Å². The molecule has 2 heterocycles. The third-order valence-corrected chi connectivity index (χ3v) is 6.48. The summed E-state index contributed by atoms with van der Waals surface area (Å²) in [5.41, 5.74) is 2.82. The zero-order chi connectivity index (χ0) is 25.5. The van der Waals surface area contributed by atoms with Crippen molar-refractivity contribution in [3.8, 4) is 0 Å². The number of aliphatic hydroxyl groups excluding tert-OH is 5. The first-order chi connectivity index (χ1) is 15.9. The lowest BCUT2D eigenvalue weighted by Crippen LogP contribution is -2.50. The summed E-state index contributed by atoms with van der Waals surface area (Å²) in [6.45, 7) is 6.16. The molecule has 0 unspecified atom stereocenters. The van der Waals surface area contributed by atoms with Crippen molar-refractivity contribution >= 4 is 27.8 Å². The van der Waals surface area contributed by atoms with Crippen molar-refractivity contribution in [3.05, 3.63) is 44.5 Å². The van der Waals surface area contributed by atoms with Crippen molar-refractivity contribution in [2.45, 2.75) is 58.5 Å². The van der Waals surface area contributed by atoms with Crippen LogP contribution in [0.1, 0.15) is 28.0 Å². The number of benzene rings is 1. The summed E-state index contributed by atoms with van der Waals surface area (Å²) in [6, 6.07) is 1.88. The quantitative estimate of drug-likeness (QED) is 0.285. The first-order valence-corrected chi connectivity index (χ1v) is 10.9. The van der Waals surface area contributed by atoms with Gasteiger partial charge >= 0.3 is 5.63 Å². The zero-order valence-corrected chi connectivity index (χ0v) is 19.8. The number of furan rings is 1. The van der Waals surface area contributed by atoms with E-state index in [9.17, 15) is 30.0 Å². The van der Waals surface area contributed by atoms with Crippen LogP contribution in [0, 0.1) is 27.7 Å². The van der Waals surface area contributed by atoms with Gasteiger partial charge in [0.1, 0.15) is 41.3 Å². The number of nitrogens with zero attached hydrogens (tertiary/aromatic N) is 1. The van der Waals surface area contributed by atoms with E-state index in [2.05, 4.69) is 0 Å². The third kappa shape index (κ3) is 4.59. The largest absolute Gasteiger partial charge is 0.461 e.